The Morgan fingerprint density at radius 1 is 1.35 bits per heavy atom. The number of phenolic OH excluding ortho intramolecular Hbond substituents is 1. The lowest BCUT2D eigenvalue weighted by Crippen LogP contribution is -2.43. The maximum atomic E-state index is 12.3. The molecular weight excluding hydrogens is 332 g/mol. The average molecular weight is 362 g/mol. The van der Waals surface area contributed by atoms with E-state index in [2.05, 4.69) is 5.32 Å². The predicted octanol–water partition coefficient (Wildman–Crippen LogP) is 2.22. The SMILES string of the molecule is Cc1cc(C(=O)NCCC2CCCN(C(=O)CC(C)(C)O)C2)ccc1O. The fourth-order valence-corrected chi connectivity index (χ4v) is 3.30. The van der Waals surface area contributed by atoms with Crippen molar-refractivity contribution in [3.05, 3.63) is 29.3 Å². The summed E-state index contributed by atoms with van der Waals surface area (Å²) >= 11 is 0. The zero-order valence-electron chi connectivity index (χ0n) is 15.9. The largest absolute Gasteiger partial charge is 0.508 e. The lowest BCUT2D eigenvalue weighted by atomic mass is 9.93. The van der Waals surface area contributed by atoms with Gasteiger partial charge in [-0.05, 0) is 69.7 Å². The molecule has 3 N–H and O–H groups in total. The molecule has 1 heterocycles. The molecular formula is C20H30N2O4. The molecule has 0 aromatic heterocycles. The molecule has 0 bridgehead atoms. The molecule has 2 rings (SSSR count). The average Bonchev–Trinajstić information content (AvgIpc) is 2.56. The Hall–Kier alpha value is -2.08. The van der Waals surface area contributed by atoms with Gasteiger partial charge in [-0.3, -0.25) is 9.59 Å². The van der Waals surface area contributed by atoms with E-state index in [1.54, 1.807) is 32.9 Å². The molecule has 1 aromatic carbocycles. The smallest absolute Gasteiger partial charge is 0.251 e. The molecule has 26 heavy (non-hydrogen) atoms. The van der Waals surface area contributed by atoms with E-state index >= 15 is 0 Å². The van der Waals surface area contributed by atoms with Crippen molar-refractivity contribution in [1.29, 1.82) is 0 Å². The number of carbonyl (C=O) groups excluding carboxylic acids is 2. The summed E-state index contributed by atoms with van der Waals surface area (Å²) in [5.74, 6) is 0.376. The molecule has 1 unspecified atom stereocenters. The highest BCUT2D eigenvalue weighted by molar-refractivity contribution is 5.94. The third kappa shape index (κ3) is 6.02. The maximum absolute atomic E-state index is 12.3. The van der Waals surface area contributed by atoms with E-state index in [-0.39, 0.29) is 24.0 Å². The van der Waals surface area contributed by atoms with E-state index in [4.69, 9.17) is 0 Å². The summed E-state index contributed by atoms with van der Waals surface area (Å²) in [6, 6.07) is 4.80. The van der Waals surface area contributed by atoms with Crippen LogP contribution in [0.5, 0.6) is 5.75 Å². The first-order valence-corrected chi connectivity index (χ1v) is 9.23. The highest BCUT2D eigenvalue weighted by Crippen LogP contribution is 2.22. The number of piperidine rings is 1. The van der Waals surface area contributed by atoms with Crippen LogP contribution in [0.1, 0.15) is 55.5 Å². The van der Waals surface area contributed by atoms with Crippen molar-refractivity contribution in [3.63, 3.8) is 0 Å². The Labute approximate surface area is 155 Å². The second-order valence-electron chi connectivity index (χ2n) is 7.88. The fraction of sp³-hybridized carbons (Fsp3) is 0.600. The molecule has 0 spiro atoms. The summed E-state index contributed by atoms with van der Waals surface area (Å²) in [6.07, 6.45) is 2.94. The van der Waals surface area contributed by atoms with Crippen LogP contribution in [0, 0.1) is 12.8 Å². The summed E-state index contributed by atoms with van der Waals surface area (Å²) < 4.78 is 0. The van der Waals surface area contributed by atoms with Gasteiger partial charge < -0.3 is 20.4 Å². The van der Waals surface area contributed by atoms with Gasteiger partial charge in [-0.1, -0.05) is 0 Å². The van der Waals surface area contributed by atoms with E-state index in [0.717, 1.165) is 25.8 Å². The van der Waals surface area contributed by atoms with Crippen LogP contribution >= 0.6 is 0 Å². The standard InChI is InChI=1S/C20H30N2O4/c1-14-11-16(6-7-17(14)23)19(25)21-9-8-15-5-4-10-22(13-15)18(24)12-20(2,3)26/h6-7,11,15,23,26H,4-5,8-10,12-13H2,1-3H3,(H,21,25). The molecule has 0 aliphatic carbocycles. The molecule has 1 atom stereocenters. The minimum Gasteiger partial charge on any atom is -0.508 e. The van der Waals surface area contributed by atoms with Gasteiger partial charge in [0.1, 0.15) is 5.75 Å². The van der Waals surface area contributed by atoms with Gasteiger partial charge in [0.05, 0.1) is 12.0 Å². The first kappa shape index (κ1) is 20.2. The Balaban J connectivity index is 1.79. The summed E-state index contributed by atoms with van der Waals surface area (Å²) in [4.78, 5) is 26.3. The second kappa shape index (κ2) is 8.54. The van der Waals surface area contributed by atoms with Gasteiger partial charge in [-0.2, -0.15) is 0 Å². The van der Waals surface area contributed by atoms with Crippen LogP contribution < -0.4 is 5.32 Å². The van der Waals surface area contributed by atoms with E-state index in [1.807, 2.05) is 4.90 Å². The lowest BCUT2D eigenvalue weighted by molar-refractivity contribution is -0.137. The van der Waals surface area contributed by atoms with Crippen molar-refractivity contribution in [1.82, 2.24) is 10.2 Å². The number of hydrogen-bond donors (Lipinski definition) is 3. The monoisotopic (exact) mass is 362 g/mol. The van der Waals surface area contributed by atoms with Crippen molar-refractivity contribution in [2.45, 2.75) is 52.1 Å². The van der Waals surface area contributed by atoms with Crippen LogP contribution in [0.2, 0.25) is 0 Å². The van der Waals surface area contributed by atoms with Crippen LogP contribution in [0.4, 0.5) is 0 Å². The number of rotatable bonds is 6. The molecule has 1 aliphatic rings. The van der Waals surface area contributed by atoms with Crippen molar-refractivity contribution >= 4 is 11.8 Å². The Kier molecular flexibility index (Phi) is 6.64. The number of phenols is 1. The first-order valence-electron chi connectivity index (χ1n) is 9.23. The third-order valence-electron chi connectivity index (χ3n) is 4.75. The molecule has 144 valence electrons. The molecule has 2 amide bonds. The topological polar surface area (TPSA) is 89.9 Å². The van der Waals surface area contributed by atoms with Crippen molar-refractivity contribution < 1.29 is 19.8 Å². The summed E-state index contributed by atoms with van der Waals surface area (Å²) in [6.45, 7) is 7.03. The third-order valence-corrected chi connectivity index (χ3v) is 4.75. The minimum atomic E-state index is -0.986. The van der Waals surface area contributed by atoms with Gasteiger partial charge >= 0.3 is 0 Å². The number of aromatic hydroxyl groups is 1. The van der Waals surface area contributed by atoms with Gasteiger partial charge in [-0.15, -0.1) is 0 Å². The van der Waals surface area contributed by atoms with Gasteiger partial charge in [0.2, 0.25) is 5.91 Å². The lowest BCUT2D eigenvalue weighted by Gasteiger charge is -2.34. The molecule has 1 aromatic rings. The molecule has 1 fully saturated rings. The van der Waals surface area contributed by atoms with Gasteiger partial charge in [-0.25, -0.2) is 0 Å². The van der Waals surface area contributed by atoms with Crippen LogP contribution in [0.3, 0.4) is 0 Å². The van der Waals surface area contributed by atoms with E-state index < -0.39 is 5.60 Å². The summed E-state index contributed by atoms with van der Waals surface area (Å²) in [5.41, 5.74) is 0.220. The normalized spacial score (nSPS) is 17.8. The maximum Gasteiger partial charge on any atom is 0.251 e. The molecule has 6 nitrogen and oxygen atoms in total. The number of likely N-dealkylation sites (tertiary alicyclic amines) is 1. The second-order valence-corrected chi connectivity index (χ2v) is 7.88. The van der Waals surface area contributed by atoms with Crippen molar-refractivity contribution in [3.8, 4) is 5.75 Å². The van der Waals surface area contributed by atoms with Crippen LogP contribution in [0.15, 0.2) is 18.2 Å². The molecule has 0 saturated carbocycles. The summed E-state index contributed by atoms with van der Waals surface area (Å²) in [5, 5.41) is 22.3. The summed E-state index contributed by atoms with van der Waals surface area (Å²) in [7, 11) is 0. The quantitative estimate of drug-likeness (QED) is 0.724. The van der Waals surface area contributed by atoms with E-state index in [9.17, 15) is 19.8 Å². The Morgan fingerprint density at radius 3 is 2.73 bits per heavy atom. The number of amides is 2. The molecule has 1 aliphatic heterocycles. The highest BCUT2D eigenvalue weighted by atomic mass is 16.3. The van der Waals surface area contributed by atoms with Crippen LogP contribution in [-0.4, -0.2) is 52.2 Å². The number of benzene rings is 1. The zero-order chi connectivity index (χ0) is 19.3. The number of nitrogens with one attached hydrogen (secondary N) is 1. The molecule has 0 radical (unpaired) electrons. The van der Waals surface area contributed by atoms with Gasteiger partial charge in [0.15, 0.2) is 0 Å². The van der Waals surface area contributed by atoms with Crippen LogP contribution in [-0.2, 0) is 4.79 Å². The van der Waals surface area contributed by atoms with Gasteiger partial charge in [0, 0.05) is 25.2 Å². The number of aliphatic hydroxyl groups is 1. The van der Waals surface area contributed by atoms with Crippen molar-refractivity contribution in [2.24, 2.45) is 5.92 Å². The zero-order valence-corrected chi connectivity index (χ0v) is 15.9. The predicted molar refractivity (Wildman–Crippen MR) is 100 cm³/mol. The van der Waals surface area contributed by atoms with Crippen molar-refractivity contribution in [2.75, 3.05) is 19.6 Å². The minimum absolute atomic E-state index is 0.00851. The van der Waals surface area contributed by atoms with E-state index in [1.165, 1.54) is 6.07 Å². The van der Waals surface area contributed by atoms with Gasteiger partial charge in [0.25, 0.3) is 5.91 Å². The Bertz CT molecular complexity index is 652. The number of hydrogen-bond acceptors (Lipinski definition) is 4. The first-order chi connectivity index (χ1) is 12.2. The Morgan fingerprint density at radius 2 is 2.08 bits per heavy atom. The molecule has 6 heteroatoms. The molecule has 1 saturated heterocycles. The van der Waals surface area contributed by atoms with E-state index in [0.29, 0.717) is 30.1 Å². The number of nitrogens with zero attached hydrogens (tertiary/aromatic N) is 1. The van der Waals surface area contributed by atoms with Crippen LogP contribution in [0.25, 0.3) is 0 Å². The fourth-order valence-electron chi connectivity index (χ4n) is 3.30. The number of carbonyl (C=O) groups is 2. The number of aryl methyl sites for hydroxylation is 1. The highest BCUT2D eigenvalue weighted by Gasteiger charge is 2.27.